The van der Waals surface area contributed by atoms with E-state index >= 15 is 0 Å². The van der Waals surface area contributed by atoms with Gasteiger partial charge in [0.1, 0.15) is 0 Å². The minimum absolute atomic E-state index is 0.334. The van der Waals surface area contributed by atoms with E-state index in [1.807, 2.05) is 6.33 Å². The molecule has 5 rings (SSSR count). The molecule has 0 saturated heterocycles. The van der Waals surface area contributed by atoms with E-state index in [-0.39, 0.29) is 0 Å². The van der Waals surface area contributed by atoms with Gasteiger partial charge < -0.3 is 20.9 Å². The van der Waals surface area contributed by atoms with Gasteiger partial charge in [-0.1, -0.05) is 43.2 Å². The highest BCUT2D eigenvalue weighted by Gasteiger charge is 2.23. The van der Waals surface area contributed by atoms with Gasteiger partial charge in [0.25, 0.3) is 0 Å². The third-order valence-corrected chi connectivity index (χ3v) is 6.79. The third-order valence-electron chi connectivity index (χ3n) is 6.79. The van der Waals surface area contributed by atoms with E-state index in [9.17, 15) is 0 Å². The Morgan fingerprint density at radius 1 is 0.968 bits per heavy atom. The molecule has 2 heterocycles. The van der Waals surface area contributed by atoms with Gasteiger partial charge in [-0.05, 0) is 50.5 Å². The summed E-state index contributed by atoms with van der Waals surface area (Å²) in [5, 5.41) is 7.13. The molecular formula is C24H33N7. The zero-order valence-corrected chi connectivity index (χ0v) is 18.1. The molecule has 1 aromatic carbocycles. The summed E-state index contributed by atoms with van der Waals surface area (Å²) in [7, 11) is 0. The van der Waals surface area contributed by atoms with Crippen LogP contribution in [0.2, 0.25) is 0 Å². The molecule has 31 heavy (non-hydrogen) atoms. The first-order chi connectivity index (χ1) is 15.3. The molecule has 7 nitrogen and oxygen atoms in total. The predicted molar refractivity (Wildman–Crippen MR) is 125 cm³/mol. The number of anilines is 2. The Labute approximate surface area is 183 Å². The van der Waals surface area contributed by atoms with Crippen molar-refractivity contribution in [3.8, 4) is 0 Å². The van der Waals surface area contributed by atoms with Gasteiger partial charge in [-0.2, -0.15) is 9.97 Å². The second-order valence-corrected chi connectivity index (χ2v) is 9.08. The maximum Gasteiger partial charge on any atom is 0.227 e. The molecule has 0 unspecified atom stereocenters. The zero-order valence-electron chi connectivity index (χ0n) is 18.1. The van der Waals surface area contributed by atoms with Crippen molar-refractivity contribution >= 4 is 22.9 Å². The highest BCUT2D eigenvalue weighted by atomic mass is 15.2. The fourth-order valence-corrected chi connectivity index (χ4v) is 4.97. The molecule has 164 valence electrons. The normalized spacial score (nSPS) is 22.1. The van der Waals surface area contributed by atoms with Crippen molar-refractivity contribution in [2.75, 3.05) is 17.2 Å². The summed E-state index contributed by atoms with van der Waals surface area (Å²) in [6.07, 6.45) is 12.1. The van der Waals surface area contributed by atoms with Crippen LogP contribution in [0.3, 0.4) is 0 Å². The number of nitrogens with two attached hydrogens (primary N) is 1. The molecule has 0 bridgehead atoms. The SMILES string of the molecule is NC1CCC(Nc2nc(NCCc3ccccc3)c3ncn(C4CCCC4)c3n2)CC1. The molecule has 2 fully saturated rings. The number of fused-ring (bicyclic) bond motifs is 1. The third kappa shape index (κ3) is 4.66. The molecule has 2 aliphatic carbocycles. The van der Waals surface area contributed by atoms with Crippen molar-refractivity contribution in [3.63, 3.8) is 0 Å². The lowest BCUT2D eigenvalue weighted by Crippen LogP contribution is -2.33. The second kappa shape index (κ2) is 9.22. The number of nitrogens with zero attached hydrogens (tertiary/aromatic N) is 4. The number of aromatic nitrogens is 4. The van der Waals surface area contributed by atoms with E-state index in [1.165, 1.54) is 31.2 Å². The quantitative estimate of drug-likeness (QED) is 0.529. The number of rotatable bonds is 7. The molecule has 0 aliphatic heterocycles. The Bertz CT molecular complexity index is 986. The number of imidazole rings is 1. The maximum absolute atomic E-state index is 6.09. The Kier molecular flexibility index (Phi) is 6.02. The molecule has 2 aliphatic rings. The molecule has 2 saturated carbocycles. The van der Waals surface area contributed by atoms with Crippen molar-refractivity contribution in [3.05, 3.63) is 42.2 Å². The van der Waals surface area contributed by atoms with E-state index in [0.29, 0.717) is 24.1 Å². The predicted octanol–water partition coefficient (Wildman–Crippen LogP) is 4.28. The Hall–Kier alpha value is -2.67. The van der Waals surface area contributed by atoms with Crippen LogP contribution in [-0.2, 0) is 6.42 Å². The van der Waals surface area contributed by atoms with E-state index in [1.54, 1.807) is 0 Å². The van der Waals surface area contributed by atoms with Gasteiger partial charge in [-0.25, -0.2) is 4.98 Å². The molecule has 0 amide bonds. The van der Waals surface area contributed by atoms with Crippen LogP contribution in [0, 0.1) is 0 Å². The zero-order chi connectivity index (χ0) is 21.0. The van der Waals surface area contributed by atoms with Crippen LogP contribution in [0.25, 0.3) is 11.2 Å². The number of nitrogens with one attached hydrogen (secondary N) is 2. The standard InChI is InChI=1S/C24H33N7/c25-18-10-12-19(13-11-18)28-24-29-22(26-15-14-17-6-2-1-3-7-17)21-23(30-24)31(16-27-21)20-8-4-5-9-20/h1-3,6-7,16,18-20H,4-5,8-15,25H2,(H2,26,28,29,30). The van der Waals surface area contributed by atoms with Gasteiger partial charge in [0.15, 0.2) is 17.0 Å². The monoisotopic (exact) mass is 419 g/mol. The van der Waals surface area contributed by atoms with Crippen LogP contribution in [-0.4, -0.2) is 38.1 Å². The molecule has 0 spiro atoms. The Morgan fingerprint density at radius 2 is 1.74 bits per heavy atom. The minimum Gasteiger partial charge on any atom is -0.368 e. The lowest BCUT2D eigenvalue weighted by Gasteiger charge is -2.27. The van der Waals surface area contributed by atoms with Crippen LogP contribution in [0.15, 0.2) is 36.7 Å². The molecule has 0 atom stereocenters. The maximum atomic E-state index is 6.09. The Morgan fingerprint density at radius 3 is 2.52 bits per heavy atom. The van der Waals surface area contributed by atoms with Crippen molar-refractivity contribution < 1.29 is 0 Å². The van der Waals surface area contributed by atoms with Crippen LogP contribution in [0.1, 0.15) is 63.0 Å². The lowest BCUT2D eigenvalue weighted by molar-refractivity contribution is 0.410. The number of hydrogen-bond acceptors (Lipinski definition) is 6. The van der Waals surface area contributed by atoms with Crippen molar-refractivity contribution in [1.82, 2.24) is 19.5 Å². The summed E-state index contributed by atoms with van der Waals surface area (Å²) >= 11 is 0. The van der Waals surface area contributed by atoms with Crippen LogP contribution >= 0.6 is 0 Å². The first kappa shape index (κ1) is 20.2. The van der Waals surface area contributed by atoms with Gasteiger partial charge in [0.2, 0.25) is 5.95 Å². The molecular weight excluding hydrogens is 386 g/mol. The minimum atomic E-state index is 0.334. The van der Waals surface area contributed by atoms with Gasteiger partial charge in [-0.3, -0.25) is 0 Å². The van der Waals surface area contributed by atoms with E-state index < -0.39 is 0 Å². The second-order valence-electron chi connectivity index (χ2n) is 9.08. The van der Waals surface area contributed by atoms with E-state index in [0.717, 1.165) is 55.6 Å². The molecule has 2 aromatic heterocycles. The van der Waals surface area contributed by atoms with Gasteiger partial charge in [0.05, 0.1) is 6.33 Å². The van der Waals surface area contributed by atoms with E-state index in [4.69, 9.17) is 20.7 Å². The molecule has 7 heteroatoms. The summed E-state index contributed by atoms with van der Waals surface area (Å²) < 4.78 is 2.27. The van der Waals surface area contributed by atoms with Gasteiger partial charge >= 0.3 is 0 Å². The molecule has 3 aromatic rings. The average Bonchev–Trinajstić information content (AvgIpc) is 3.46. The lowest BCUT2D eigenvalue weighted by atomic mass is 9.92. The van der Waals surface area contributed by atoms with Crippen molar-refractivity contribution in [2.24, 2.45) is 5.73 Å². The van der Waals surface area contributed by atoms with Crippen LogP contribution in [0.5, 0.6) is 0 Å². The molecule has 0 radical (unpaired) electrons. The highest BCUT2D eigenvalue weighted by molar-refractivity contribution is 5.84. The summed E-state index contributed by atoms with van der Waals surface area (Å²) in [5.41, 5.74) is 9.22. The fraction of sp³-hybridized carbons (Fsp3) is 0.542. The first-order valence-electron chi connectivity index (χ1n) is 11.8. The molecule has 4 N–H and O–H groups in total. The van der Waals surface area contributed by atoms with Gasteiger partial charge in [0, 0.05) is 24.7 Å². The summed E-state index contributed by atoms with van der Waals surface area (Å²) in [6.45, 7) is 0.810. The summed E-state index contributed by atoms with van der Waals surface area (Å²) in [6, 6.07) is 11.8. The average molecular weight is 420 g/mol. The first-order valence-corrected chi connectivity index (χ1v) is 11.8. The summed E-state index contributed by atoms with van der Waals surface area (Å²) in [5.74, 6) is 1.53. The Balaban J connectivity index is 1.39. The topological polar surface area (TPSA) is 93.7 Å². The fourth-order valence-electron chi connectivity index (χ4n) is 4.97. The van der Waals surface area contributed by atoms with Gasteiger partial charge in [-0.15, -0.1) is 0 Å². The highest BCUT2D eigenvalue weighted by Crippen LogP contribution is 2.33. The van der Waals surface area contributed by atoms with Crippen molar-refractivity contribution in [2.45, 2.75) is 75.9 Å². The largest absolute Gasteiger partial charge is 0.368 e. The van der Waals surface area contributed by atoms with Crippen molar-refractivity contribution in [1.29, 1.82) is 0 Å². The summed E-state index contributed by atoms with van der Waals surface area (Å²) in [4.78, 5) is 14.5. The smallest absolute Gasteiger partial charge is 0.227 e. The number of benzene rings is 1. The van der Waals surface area contributed by atoms with E-state index in [2.05, 4.69) is 45.5 Å². The number of hydrogen-bond donors (Lipinski definition) is 3. The van der Waals surface area contributed by atoms with Crippen LogP contribution in [0.4, 0.5) is 11.8 Å². The van der Waals surface area contributed by atoms with Crippen LogP contribution < -0.4 is 16.4 Å².